The fraction of sp³-hybridized carbons (Fsp3) is 0.350. The lowest BCUT2D eigenvalue weighted by atomic mass is 9.85. The van der Waals surface area contributed by atoms with E-state index in [1.807, 2.05) is 38.1 Å². The average molecular weight is 325 g/mol. The Hall–Kier alpha value is -2.49. The quantitative estimate of drug-likeness (QED) is 0.850. The maximum Gasteiger partial charge on any atom is 0.405 e. The molecule has 2 aromatic carbocycles. The highest BCUT2D eigenvalue weighted by molar-refractivity contribution is 5.68. The number of ether oxygens (including phenoxy) is 1. The number of hydrogen-bond acceptors (Lipinski definition) is 2. The Morgan fingerprint density at radius 2 is 1.88 bits per heavy atom. The van der Waals surface area contributed by atoms with Crippen LogP contribution in [0.2, 0.25) is 0 Å². The van der Waals surface area contributed by atoms with Gasteiger partial charge in [0.05, 0.1) is 12.1 Å². The second kappa shape index (κ2) is 6.95. The summed E-state index contributed by atoms with van der Waals surface area (Å²) in [4.78, 5) is 11.0. The Morgan fingerprint density at radius 1 is 1.17 bits per heavy atom. The Labute approximate surface area is 142 Å². The van der Waals surface area contributed by atoms with E-state index in [1.54, 1.807) is 0 Å². The van der Waals surface area contributed by atoms with Crippen molar-refractivity contribution in [1.29, 1.82) is 0 Å². The van der Waals surface area contributed by atoms with E-state index in [9.17, 15) is 4.79 Å². The van der Waals surface area contributed by atoms with Crippen molar-refractivity contribution in [3.8, 4) is 16.9 Å². The topological polar surface area (TPSA) is 58.6 Å². The van der Waals surface area contributed by atoms with Gasteiger partial charge in [-0.3, -0.25) is 0 Å². The number of hydrogen-bond donors (Lipinski definition) is 2. The molecule has 0 saturated heterocycles. The van der Waals surface area contributed by atoms with E-state index in [0.29, 0.717) is 0 Å². The molecule has 0 aliphatic heterocycles. The molecular weight excluding hydrogens is 302 g/mol. The normalized spacial score (nSPS) is 16.5. The number of carbonyl (C=O) groups is 1. The molecule has 1 amide bonds. The molecule has 1 aliphatic rings. The lowest BCUT2D eigenvalue weighted by molar-refractivity contribution is 0.188. The molecule has 3 rings (SSSR count). The molecule has 4 heteroatoms. The lowest BCUT2D eigenvalue weighted by Crippen LogP contribution is -2.29. The summed E-state index contributed by atoms with van der Waals surface area (Å²) in [6.45, 7) is 4.01. The van der Waals surface area contributed by atoms with Crippen molar-refractivity contribution in [3.63, 3.8) is 0 Å². The van der Waals surface area contributed by atoms with Crippen molar-refractivity contribution in [2.45, 2.75) is 45.3 Å². The van der Waals surface area contributed by atoms with Crippen LogP contribution in [0.3, 0.4) is 0 Å². The summed E-state index contributed by atoms with van der Waals surface area (Å²) in [5.74, 6) is 0.858. The van der Waals surface area contributed by atoms with Crippen molar-refractivity contribution in [1.82, 2.24) is 5.32 Å². The molecule has 0 saturated carbocycles. The van der Waals surface area contributed by atoms with Gasteiger partial charge in [-0.25, -0.2) is 4.79 Å². The van der Waals surface area contributed by atoms with Gasteiger partial charge >= 0.3 is 6.09 Å². The summed E-state index contributed by atoms with van der Waals surface area (Å²) in [5.41, 5.74) is 4.55. The zero-order chi connectivity index (χ0) is 17.1. The van der Waals surface area contributed by atoms with Gasteiger partial charge in [0.2, 0.25) is 0 Å². The molecule has 4 nitrogen and oxygen atoms in total. The molecule has 1 unspecified atom stereocenters. The van der Waals surface area contributed by atoms with E-state index in [2.05, 4.69) is 23.5 Å². The largest absolute Gasteiger partial charge is 0.491 e. The first-order chi connectivity index (χ1) is 11.5. The fourth-order valence-electron chi connectivity index (χ4n) is 3.28. The molecule has 0 fully saturated rings. The maximum atomic E-state index is 11.0. The molecule has 126 valence electrons. The van der Waals surface area contributed by atoms with E-state index >= 15 is 0 Å². The van der Waals surface area contributed by atoms with Crippen LogP contribution in [0.25, 0.3) is 11.1 Å². The zero-order valence-corrected chi connectivity index (χ0v) is 14.1. The third-order valence-electron chi connectivity index (χ3n) is 4.32. The molecule has 1 atom stereocenters. The minimum atomic E-state index is -0.964. The SMILES string of the molecule is CC(C)Oc1ccc(-c2ccc3c(c2)C(NC(=O)O)CCC3)cc1. The van der Waals surface area contributed by atoms with Crippen molar-refractivity contribution in [2.24, 2.45) is 0 Å². The number of benzene rings is 2. The van der Waals surface area contributed by atoms with Gasteiger partial charge < -0.3 is 15.2 Å². The van der Waals surface area contributed by atoms with Crippen LogP contribution < -0.4 is 10.1 Å². The summed E-state index contributed by atoms with van der Waals surface area (Å²) in [5, 5.41) is 11.7. The Bertz CT molecular complexity index is 722. The number of amides is 1. The van der Waals surface area contributed by atoms with E-state index in [0.717, 1.165) is 41.7 Å². The van der Waals surface area contributed by atoms with Gasteiger partial charge in [-0.2, -0.15) is 0 Å². The standard InChI is InChI=1S/C20H23NO3/c1-13(2)24-17-10-8-14(9-11-17)16-7-6-15-4-3-5-19(18(15)12-16)21-20(22)23/h6-13,19,21H,3-5H2,1-2H3,(H,22,23). The van der Waals surface area contributed by atoms with Crippen molar-refractivity contribution >= 4 is 6.09 Å². The predicted molar refractivity (Wildman–Crippen MR) is 94.5 cm³/mol. The second-order valence-corrected chi connectivity index (χ2v) is 6.50. The Kier molecular flexibility index (Phi) is 4.74. The summed E-state index contributed by atoms with van der Waals surface area (Å²) in [6.07, 6.45) is 2.06. The van der Waals surface area contributed by atoms with E-state index in [4.69, 9.17) is 9.84 Å². The highest BCUT2D eigenvalue weighted by atomic mass is 16.5. The van der Waals surface area contributed by atoms with Gasteiger partial charge in [-0.05, 0) is 73.6 Å². The molecule has 0 bridgehead atoms. The van der Waals surface area contributed by atoms with Crippen LogP contribution in [0.4, 0.5) is 4.79 Å². The Morgan fingerprint density at radius 3 is 2.54 bits per heavy atom. The first kappa shape index (κ1) is 16.4. The second-order valence-electron chi connectivity index (χ2n) is 6.50. The maximum absolute atomic E-state index is 11.0. The van der Waals surface area contributed by atoms with Crippen LogP contribution >= 0.6 is 0 Å². The van der Waals surface area contributed by atoms with Gasteiger partial charge in [-0.1, -0.05) is 24.3 Å². The summed E-state index contributed by atoms with van der Waals surface area (Å²) < 4.78 is 5.68. The molecule has 0 heterocycles. The predicted octanol–water partition coefficient (Wildman–Crippen LogP) is 4.79. The van der Waals surface area contributed by atoms with E-state index in [1.165, 1.54) is 5.56 Å². The monoisotopic (exact) mass is 325 g/mol. The lowest BCUT2D eigenvalue weighted by Gasteiger charge is -2.26. The van der Waals surface area contributed by atoms with Gasteiger partial charge in [0.15, 0.2) is 0 Å². The minimum Gasteiger partial charge on any atom is -0.491 e. The first-order valence-electron chi connectivity index (χ1n) is 8.42. The molecule has 0 spiro atoms. The average Bonchev–Trinajstić information content (AvgIpc) is 2.54. The number of rotatable bonds is 4. The molecule has 24 heavy (non-hydrogen) atoms. The van der Waals surface area contributed by atoms with Crippen molar-refractivity contribution in [2.75, 3.05) is 0 Å². The highest BCUT2D eigenvalue weighted by Gasteiger charge is 2.22. The van der Waals surface area contributed by atoms with E-state index in [-0.39, 0.29) is 12.1 Å². The molecule has 0 radical (unpaired) electrons. The third kappa shape index (κ3) is 3.70. The van der Waals surface area contributed by atoms with Gasteiger partial charge in [0, 0.05) is 0 Å². The van der Waals surface area contributed by atoms with Crippen molar-refractivity contribution in [3.05, 3.63) is 53.6 Å². The van der Waals surface area contributed by atoms with Gasteiger partial charge in [0.25, 0.3) is 0 Å². The molecule has 1 aliphatic carbocycles. The number of carboxylic acid groups (broad SMARTS) is 1. The third-order valence-corrected chi connectivity index (χ3v) is 4.32. The first-order valence-corrected chi connectivity index (χ1v) is 8.42. The van der Waals surface area contributed by atoms with Crippen LogP contribution in [0.15, 0.2) is 42.5 Å². The number of fused-ring (bicyclic) bond motifs is 1. The molecule has 2 N–H and O–H groups in total. The highest BCUT2D eigenvalue weighted by Crippen LogP contribution is 2.33. The van der Waals surface area contributed by atoms with Crippen LogP contribution in [-0.2, 0) is 6.42 Å². The van der Waals surface area contributed by atoms with Crippen LogP contribution in [0.5, 0.6) is 5.75 Å². The zero-order valence-electron chi connectivity index (χ0n) is 14.1. The molecular formula is C20H23NO3. The molecule has 2 aromatic rings. The molecule has 0 aromatic heterocycles. The van der Waals surface area contributed by atoms with Crippen LogP contribution in [-0.4, -0.2) is 17.3 Å². The summed E-state index contributed by atoms with van der Waals surface area (Å²) in [7, 11) is 0. The van der Waals surface area contributed by atoms with Crippen LogP contribution in [0, 0.1) is 0 Å². The van der Waals surface area contributed by atoms with E-state index < -0.39 is 6.09 Å². The fourth-order valence-corrected chi connectivity index (χ4v) is 3.28. The minimum absolute atomic E-state index is 0.116. The smallest absolute Gasteiger partial charge is 0.405 e. The number of nitrogens with one attached hydrogen (secondary N) is 1. The van der Waals surface area contributed by atoms with Crippen LogP contribution in [0.1, 0.15) is 43.9 Å². The number of aryl methyl sites for hydroxylation is 1. The van der Waals surface area contributed by atoms with Gasteiger partial charge in [-0.15, -0.1) is 0 Å². The van der Waals surface area contributed by atoms with Gasteiger partial charge in [0.1, 0.15) is 5.75 Å². The Balaban J connectivity index is 1.88. The summed E-state index contributed by atoms with van der Waals surface area (Å²) >= 11 is 0. The van der Waals surface area contributed by atoms with Crippen molar-refractivity contribution < 1.29 is 14.6 Å². The summed E-state index contributed by atoms with van der Waals surface area (Å²) in [6, 6.07) is 14.3.